The van der Waals surface area contributed by atoms with Gasteiger partial charge in [-0.15, -0.1) is 0 Å². The summed E-state index contributed by atoms with van der Waals surface area (Å²) in [6.07, 6.45) is 2.07. The summed E-state index contributed by atoms with van der Waals surface area (Å²) < 4.78 is 10.7. The molecule has 7 nitrogen and oxygen atoms in total. The first-order valence-corrected chi connectivity index (χ1v) is 10.1. The van der Waals surface area contributed by atoms with Gasteiger partial charge < -0.3 is 24.6 Å². The Morgan fingerprint density at radius 3 is 2.39 bits per heavy atom. The van der Waals surface area contributed by atoms with Gasteiger partial charge in [0.1, 0.15) is 38.3 Å². The van der Waals surface area contributed by atoms with E-state index in [-0.39, 0.29) is 5.91 Å². The molecule has 1 amide bonds. The average molecular weight is 389 g/mol. The van der Waals surface area contributed by atoms with Crippen LogP contribution >= 0.6 is 0 Å². The second-order valence-electron chi connectivity index (χ2n) is 8.18. The summed E-state index contributed by atoms with van der Waals surface area (Å²) in [4.78, 5) is 15.2. The van der Waals surface area contributed by atoms with Crippen LogP contribution in [0, 0.1) is 17.2 Å². The smallest absolute Gasteiger partial charge is 0.276 e. The number of piperazine rings is 1. The van der Waals surface area contributed by atoms with E-state index in [9.17, 15) is 10.1 Å². The highest BCUT2D eigenvalue weighted by molar-refractivity contribution is 5.78. The Bertz CT molecular complexity index is 736. The van der Waals surface area contributed by atoms with E-state index in [0.29, 0.717) is 12.5 Å². The van der Waals surface area contributed by atoms with Gasteiger partial charge in [-0.3, -0.25) is 4.79 Å². The second-order valence-corrected chi connectivity index (χ2v) is 8.18. The first-order valence-electron chi connectivity index (χ1n) is 10.1. The van der Waals surface area contributed by atoms with Crippen LogP contribution < -0.4 is 24.6 Å². The second kappa shape index (κ2) is 8.80. The molecule has 1 aromatic rings. The molecule has 2 fully saturated rings. The van der Waals surface area contributed by atoms with E-state index in [0.717, 1.165) is 57.1 Å². The molecule has 3 N–H and O–H groups in total. The van der Waals surface area contributed by atoms with Gasteiger partial charge >= 0.3 is 0 Å². The van der Waals surface area contributed by atoms with Crippen molar-refractivity contribution in [1.29, 1.82) is 5.26 Å². The number of nitrogens with zero attached hydrogens (tertiary/aromatic N) is 1. The molecule has 1 aliphatic carbocycles. The Kier molecular flexibility index (Phi) is 6.42. The number of methoxy groups -OCH3 is 2. The van der Waals surface area contributed by atoms with Crippen molar-refractivity contribution in [2.45, 2.75) is 31.8 Å². The summed E-state index contributed by atoms with van der Waals surface area (Å²) in [5, 5.41) is 12.4. The van der Waals surface area contributed by atoms with Crippen LogP contribution in [0.4, 0.5) is 0 Å². The van der Waals surface area contributed by atoms with Crippen molar-refractivity contribution in [1.82, 2.24) is 5.32 Å². The van der Waals surface area contributed by atoms with Gasteiger partial charge in [-0.1, -0.05) is 0 Å². The van der Waals surface area contributed by atoms with Gasteiger partial charge in [0, 0.05) is 5.56 Å². The fraction of sp³-hybridized carbons (Fsp3) is 0.619. The molecule has 1 saturated carbocycles. The highest BCUT2D eigenvalue weighted by Gasteiger charge is 2.43. The standard InChI is InChI=1S/C21H30N4O3/c1-21(15-22,17-5-6-17)23-20(26)14-25-10-8-24(9-11-25)13-16-4-7-18(27-2)19(12-16)28-3/h4,7,12,17H,5-6,8-11,13-14H2,1-3H3,(H,23,26)/p+2/t21-/m0/s1. The van der Waals surface area contributed by atoms with Gasteiger partial charge in [-0.05, 0) is 43.9 Å². The number of nitriles is 1. The summed E-state index contributed by atoms with van der Waals surface area (Å²) in [5.74, 6) is 1.82. The molecule has 0 aromatic heterocycles. The van der Waals surface area contributed by atoms with E-state index in [1.165, 1.54) is 15.4 Å². The molecule has 0 unspecified atom stereocenters. The van der Waals surface area contributed by atoms with Crippen molar-refractivity contribution >= 4 is 5.91 Å². The summed E-state index contributed by atoms with van der Waals surface area (Å²) in [6.45, 7) is 7.21. The van der Waals surface area contributed by atoms with Crippen LogP contribution in [0.3, 0.4) is 0 Å². The lowest BCUT2D eigenvalue weighted by Gasteiger charge is -2.30. The van der Waals surface area contributed by atoms with Gasteiger partial charge in [0.15, 0.2) is 18.0 Å². The molecule has 2 aliphatic rings. The molecule has 1 atom stereocenters. The number of amides is 1. The average Bonchev–Trinajstić information content (AvgIpc) is 3.55. The van der Waals surface area contributed by atoms with Crippen LogP contribution in [0.2, 0.25) is 0 Å². The van der Waals surface area contributed by atoms with E-state index >= 15 is 0 Å². The first-order chi connectivity index (χ1) is 13.5. The lowest BCUT2D eigenvalue weighted by Crippen LogP contribution is -3.28. The Morgan fingerprint density at radius 2 is 1.82 bits per heavy atom. The molecule has 1 aliphatic heterocycles. The molecular weight excluding hydrogens is 356 g/mol. The number of ether oxygens (including phenoxy) is 2. The minimum absolute atomic E-state index is 0.00529. The van der Waals surface area contributed by atoms with Crippen molar-refractivity contribution in [3.63, 3.8) is 0 Å². The largest absolute Gasteiger partial charge is 0.493 e. The molecule has 1 heterocycles. The highest BCUT2D eigenvalue weighted by atomic mass is 16.5. The van der Waals surface area contributed by atoms with Crippen molar-refractivity contribution in [3.05, 3.63) is 23.8 Å². The molecule has 0 bridgehead atoms. The van der Waals surface area contributed by atoms with Gasteiger partial charge in [0.05, 0.1) is 20.3 Å². The number of hydrogen-bond donors (Lipinski definition) is 3. The Labute approximate surface area is 167 Å². The first kappa shape index (κ1) is 20.4. The SMILES string of the molecule is COc1ccc(C[NH+]2CC[NH+](CC(=O)N[C@@](C)(C#N)C3CC3)CC2)cc1OC. The topological polar surface area (TPSA) is 80.2 Å². The third kappa shape index (κ3) is 4.94. The number of carbonyl (C=O) groups excluding carboxylic acids is 1. The maximum Gasteiger partial charge on any atom is 0.276 e. The van der Waals surface area contributed by atoms with Crippen molar-refractivity contribution < 1.29 is 24.1 Å². The highest BCUT2D eigenvalue weighted by Crippen LogP contribution is 2.39. The molecule has 0 radical (unpaired) electrons. The maximum atomic E-state index is 12.4. The summed E-state index contributed by atoms with van der Waals surface area (Å²) in [7, 11) is 3.30. The monoisotopic (exact) mass is 388 g/mol. The van der Waals surface area contributed by atoms with Gasteiger partial charge in [0.2, 0.25) is 0 Å². The minimum Gasteiger partial charge on any atom is -0.493 e. The molecule has 1 saturated heterocycles. The van der Waals surface area contributed by atoms with Crippen molar-refractivity contribution in [2.24, 2.45) is 5.92 Å². The minimum atomic E-state index is -0.697. The predicted molar refractivity (Wildman–Crippen MR) is 104 cm³/mol. The number of hydrogen-bond acceptors (Lipinski definition) is 4. The fourth-order valence-corrected chi connectivity index (χ4v) is 4.03. The van der Waals surface area contributed by atoms with E-state index in [4.69, 9.17) is 9.47 Å². The zero-order valence-electron chi connectivity index (χ0n) is 17.1. The normalized spacial score (nSPS) is 23.9. The number of carbonyl (C=O) groups is 1. The Morgan fingerprint density at radius 1 is 1.18 bits per heavy atom. The molecule has 28 heavy (non-hydrogen) atoms. The van der Waals surface area contributed by atoms with E-state index < -0.39 is 5.54 Å². The van der Waals surface area contributed by atoms with Gasteiger partial charge in [-0.2, -0.15) is 5.26 Å². The fourth-order valence-electron chi connectivity index (χ4n) is 4.03. The van der Waals surface area contributed by atoms with Crippen molar-refractivity contribution in [2.75, 3.05) is 46.9 Å². The van der Waals surface area contributed by atoms with Crippen LogP contribution in [0.1, 0.15) is 25.3 Å². The van der Waals surface area contributed by atoms with Crippen LogP contribution in [-0.4, -0.2) is 58.4 Å². The maximum absolute atomic E-state index is 12.4. The lowest BCUT2D eigenvalue weighted by molar-refractivity contribution is -1.02. The van der Waals surface area contributed by atoms with Crippen molar-refractivity contribution in [3.8, 4) is 17.6 Å². The summed E-state index contributed by atoms with van der Waals surface area (Å²) in [6, 6.07) is 8.37. The zero-order valence-corrected chi connectivity index (χ0v) is 17.1. The Balaban J connectivity index is 1.45. The number of rotatable bonds is 8. The zero-order chi connectivity index (χ0) is 20.1. The van der Waals surface area contributed by atoms with Crippen LogP contribution in [-0.2, 0) is 11.3 Å². The van der Waals surface area contributed by atoms with Crippen LogP contribution in [0.5, 0.6) is 11.5 Å². The van der Waals surface area contributed by atoms with E-state index in [1.807, 2.05) is 19.1 Å². The van der Waals surface area contributed by atoms with E-state index in [2.05, 4.69) is 17.5 Å². The van der Waals surface area contributed by atoms with Gasteiger partial charge in [-0.25, -0.2) is 0 Å². The molecule has 1 aromatic carbocycles. The number of quaternary nitrogens is 2. The number of benzene rings is 1. The predicted octanol–water partition coefficient (Wildman–Crippen LogP) is -1.20. The molecule has 0 spiro atoms. The summed E-state index contributed by atoms with van der Waals surface area (Å²) in [5.41, 5.74) is 0.528. The number of nitrogens with one attached hydrogen (secondary N) is 3. The van der Waals surface area contributed by atoms with E-state index in [1.54, 1.807) is 14.2 Å². The molecular formula is C21H32N4O3+2. The Hall–Kier alpha value is -2.30. The van der Waals surface area contributed by atoms with Gasteiger partial charge in [0.25, 0.3) is 5.91 Å². The third-order valence-electron chi connectivity index (χ3n) is 6.00. The molecule has 152 valence electrons. The molecule has 3 rings (SSSR count). The molecule has 7 heteroatoms. The lowest BCUT2D eigenvalue weighted by atomic mass is 9.98. The quantitative estimate of drug-likeness (QED) is 0.523. The van der Waals surface area contributed by atoms with Crippen LogP contribution in [0.25, 0.3) is 0 Å². The summed E-state index contributed by atoms with van der Waals surface area (Å²) >= 11 is 0. The third-order valence-corrected chi connectivity index (χ3v) is 6.00. The van der Waals surface area contributed by atoms with Crippen LogP contribution in [0.15, 0.2) is 18.2 Å².